The SMILES string of the molecule is CCc1c(Cl)ncnc1Oc1cc(C(C)C)ccc1C. The second kappa shape index (κ2) is 6.23. The minimum absolute atomic E-state index is 0.454. The molecule has 1 aromatic carbocycles. The molecule has 0 unspecified atom stereocenters. The van der Waals surface area contributed by atoms with Gasteiger partial charge in [-0.15, -0.1) is 0 Å². The topological polar surface area (TPSA) is 35.0 Å². The van der Waals surface area contributed by atoms with Crippen LogP contribution in [0.5, 0.6) is 11.6 Å². The van der Waals surface area contributed by atoms with E-state index in [9.17, 15) is 0 Å². The Bertz CT molecular complexity index is 611. The molecule has 2 aromatic rings. The van der Waals surface area contributed by atoms with Crippen LogP contribution in [0.3, 0.4) is 0 Å². The number of aromatic nitrogens is 2. The van der Waals surface area contributed by atoms with E-state index in [4.69, 9.17) is 16.3 Å². The molecule has 3 nitrogen and oxygen atoms in total. The molecule has 0 saturated carbocycles. The summed E-state index contributed by atoms with van der Waals surface area (Å²) in [5.74, 6) is 1.81. The highest BCUT2D eigenvalue weighted by molar-refractivity contribution is 6.30. The van der Waals surface area contributed by atoms with Crippen molar-refractivity contribution in [2.75, 3.05) is 0 Å². The van der Waals surface area contributed by atoms with E-state index >= 15 is 0 Å². The van der Waals surface area contributed by atoms with Crippen LogP contribution in [0.15, 0.2) is 24.5 Å². The summed E-state index contributed by atoms with van der Waals surface area (Å²) < 4.78 is 5.97. The minimum atomic E-state index is 0.454. The first-order chi connectivity index (χ1) is 9.52. The summed E-state index contributed by atoms with van der Waals surface area (Å²) in [6.07, 6.45) is 2.16. The van der Waals surface area contributed by atoms with Crippen molar-refractivity contribution in [3.8, 4) is 11.6 Å². The third-order valence-electron chi connectivity index (χ3n) is 3.29. The van der Waals surface area contributed by atoms with Crippen LogP contribution in [0.2, 0.25) is 5.15 Å². The first kappa shape index (κ1) is 14.8. The van der Waals surface area contributed by atoms with Crippen LogP contribution in [0.4, 0.5) is 0 Å². The molecule has 20 heavy (non-hydrogen) atoms. The third kappa shape index (κ3) is 3.10. The lowest BCUT2D eigenvalue weighted by molar-refractivity contribution is 0.451. The first-order valence-corrected chi connectivity index (χ1v) is 7.18. The van der Waals surface area contributed by atoms with Gasteiger partial charge in [-0.05, 0) is 36.5 Å². The molecule has 0 bridgehead atoms. The van der Waals surface area contributed by atoms with Crippen LogP contribution in [-0.4, -0.2) is 9.97 Å². The Morgan fingerprint density at radius 3 is 2.65 bits per heavy atom. The number of halogens is 1. The fraction of sp³-hybridized carbons (Fsp3) is 0.375. The molecule has 0 atom stereocenters. The van der Waals surface area contributed by atoms with Gasteiger partial charge in [0.2, 0.25) is 5.88 Å². The molecule has 0 N–H and O–H groups in total. The van der Waals surface area contributed by atoms with Gasteiger partial charge in [-0.2, -0.15) is 0 Å². The zero-order chi connectivity index (χ0) is 14.7. The normalized spacial score (nSPS) is 10.9. The Labute approximate surface area is 125 Å². The molecule has 0 amide bonds. The van der Waals surface area contributed by atoms with Crippen molar-refractivity contribution in [3.63, 3.8) is 0 Å². The summed E-state index contributed by atoms with van der Waals surface area (Å²) in [6, 6.07) is 6.26. The van der Waals surface area contributed by atoms with Gasteiger partial charge in [0, 0.05) is 0 Å². The van der Waals surface area contributed by atoms with Crippen LogP contribution in [0, 0.1) is 6.92 Å². The Kier molecular flexibility index (Phi) is 4.61. The third-order valence-corrected chi connectivity index (χ3v) is 3.62. The van der Waals surface area contributed by atoms with E-state index in [1.54, 1.807) is 0 Å². The van der Waals surface area contributed by atoms with E-state index in [0.29, 0.717) is 17.0 Å². The maximum Gasteiger partial charge on any atom is 0.227 e. The van der Waals surface area contributed by atoms with Gasteiger partial charge < -0.3 is 4.74 Å². The molecule has 4 heteroatoms. The van der Waals surface area contributed by atoms with Crippen molar-refractivity contribution < 1.29 is 4.74 Å². The number of aryl methyl sites for hydroxylation is 1. The fourth-order valence-corrected chi connectivity index (χ4v) is 2.21. The van der Waals surface area contributed by atoms with E-state index in [2.05, 4.69) is 42.0 Å². The molecule has 0 aliphatic carbocycles. The van der Waals surface area contributed by atoms with Crippen LogP contribution >= 0.6 is 11.6 Å². The molecule has 1 aromatic heterocycles. The predicted molar refractivity (Wildman–Crippen MR) is 81.8 cm³/mol. The van der Waals surface area contributed by atoms with E-state index in [1.807, 2.05) is 13.8 Å². The second-order valence-electron chi connectivity index (χ2n) is 5.08. The molecular formula is C16H19ClN2O. The van der Waals surface area contributed by atoms with Gasteiger partial charge in [-0.1, -0.05) is 44.5 Å². The molecule has 0 aliphatic rings. The summed E-state index contributed by atoms with van der Waals surface area (Å²) in [5.41, 5.74) is 3.15. The zero-order valence-electron chi connectivity index (χ0n) is 12.3. The average molecular weight is 291 g/mol. The Morgan fingerprint density at radius 1 is 1.25 bits per heavy atom. The highest BCUT2D eigenvalue weighted by Crippen LogP contribution is 2.31. The van der Waals surface area contributed by atoms with Gasteiger partial charge in [0.15, 0.2) is 0 Å². The molecule has 0 fully saturated rings. The van der Waals surface area contributed by atoms with E-state index in [0.717, 1.165) is 23.3 Å². The lowest BCUT2D eigenvalue weighted by atomic mass is 10.0. The van der Waals surface area contributed by atoms with Crippen LogP contribution < -0.4 is 4.74 Å². The molecule has 0 radical (unpaired) electrons. The summed E-state index contributed by atoms with van der Waals surface area (Å²) in [4.78, 5) is 8.20. The summed E-state index contributed by atoms with van der Waals surface area (Å²) >= 11 is 6.09. The van der Waals surface area contributed by atoms with Gasteiger partial charge in [0.05, 0.1) is 5.56 Å². The van der Waals surface area contributed by atoms with Gasteiger partial charge in [-0.25, -0.2) is 9.97 Å². The zero-order valence-corrected chi connectivity index (χ0v) is 13.0. The van der Waals surface area contributed by atoms with Crippen molar-refractivity contribution in [2.45, 2.75) is 40.0 Å². The van der Waals surface area contributed by atoms with Crippen molar-refractivity contribution in [3.05, 3.63) is 46.4 Å². The smallest absolute Gasteiger partial charge is 0.227 e. The molecule has 106 valence electrons. The molecule has 2 rings (SSSR count). The minimum Gasteiger partial charge on any atom is -0.438 e. The van der Waals surface area contributed by atoms with Crippen molar-refractivity contribution >= 4 is 11.6 Å². The molecule has 0 aliphatic heterocycles. The van der Waals surface area contributed by atoms with Crippen molar-refractivity contribution in [2.24, 2.45) is 0 Å². The number of nitrogens with zero attached hydrogens (tertiary/aromatic N) is 2. The number of hydrogen-bond donors (Lipinski definition) is 0. The van der Waals surface area contributed by atoms with E-state index < -0.39 is 0 Å². The highest BCUT2D eigenvalue weighted by Gasteiger charge is 2.12. The lowest BCUT2D eigenvalue weighted by Crippen LogP contribution is -1.99. The van der Waals surface area contributed by atoms with Crippen LogP contribution in [0.25, 0.3) is 0 Å². The quantitative estimate of drug-likeness (QED) is 0.750. The molecule has 0 spiro atoms. The predicted octanol–water partition coefficient (Wildman–Crippen LogP) is 4.92. The monoisotopic (exact) mass is 290 g/mol. The number of hydrogen-bond acceptors (Lipinski definition) is 3. The fourth-order valence-electron chi connectivity index (χ4n) is 1.95. The maximum absolute atomic E-state index is 6.09. The standard InChI is InChI=1S/C16H19ClN2O/c1-5-13-15(17)18-9-19-16(13)20-14-8-12(10(2)3)7-6-11(14)4/h6-10H,5H2,1-4H3. The van der Waals surface area contributed by atoms with E-state index in [-0.39, 0.29) is 0 Å². The number of ether oxygens (including phenoxy) is 1. The summed E-state index contributed by atoms with van der Waals surface area (Å²) in [6.45, 7) is 8.35. The Morgan fingerprint density at radius 2 is 2.00 bits per heavy atom. The largest absolute Gasteiger partial charge is 0.438 e. The van der Waals surface area contributed by atoms with Crippen molar-refractivity contribution in [1.29, 1.82) is 0 Å². The molecule has 1 heterocycles. The summed E-state index contributed by atoms with van der Waals surface area (Å²) in [5, 5.41) is 0.454. The van der Waals surface area contributed by atoms with Gasteiger partial charge >= 0.3 is 0 Å². The van der Waals surface area contributed by atoms with Gasteiger partial charge in [0.1, 0.15) is 17.2 Å². The number of benzene rings is 1. The van der Waals surface area contributed by atoms with Gasteiger partial charge in [0.25, 0.3) is 0 Å². The second-order valence-corrected chi connectivity index (χ2v) is 5.44. The van der Waals surface area contributed by atoms with Crippen molar-refractivity contribution in [1.82, 2.24) is 9.97 Å². The van der Waals surface area contributed by atoms with Crippen LogP contribution in [-0.2, 0) is 6.42 Å². The van der Waals surface area contributed by atoms with Gasteiger partial charge in [-0.3, -0.25) is 0 Å². The highest BCUT2D eigenvalue weighted by atomic mass is 35.5. The maximum atomic E-state index is 6.09. The Balaban J connectivity index is 2.39. The molecule has 0 saturated heterocycles. The lowest BCUT2D eigenvalue weighted by Gasteiger charge is -2.14. The van der Waals surface area contributed by atoms with Crippen LogP contribution in [0.1, 0.15) is 43.4 Å². The molecular weight excluding hydrogens is 272 g/mol. The first-order valence-electron chi connectivity index (χ1n) is 6.80. The number of rotatable bonds is 4. The summed E-state index contributed by atoms with van der Waals surface area (Å²) in [7, 11) is 0. The average Bonchev–Trinajstić information content (AvgIpc) is 2.41. The van der Waals surface area contributed by atoms with E-state index in [1.165, 1.54) is 11.9 Å². The Hall–Kier alpha value is -1.61.